The molecule has 7 nitrogen and oxygen atoms in total. The van der Waals surface area contributed by atoms with Gasteiger partial charge >= 0.3 is 0 Å². The number of nitrogens with one attached hydrogen (secondary N) is 2. The molecule has 2 rings (SSSR count). The van der Waals surface area contributed by atoms with E-state index in [1.165, 1.54) is 5.56 Å². The first kappa shape index (κ1) is 24.4. The van der Waals surface area contributed by atoms with E-state index in [-0.39, 0.29) is 30.0 Å². The number of ether oxygens (including phenoxy) is 1. The molecule has 1 atom stereocenters. The van der Waals surface area contributed by atoms with Crippen LogP contribution in [0.15, 0.2) is 35.3 Å². The van der Waals surface area contributed by atoms with Crippen molar-refractivity contribution in [1.82, 2.24) is 25.4 Å². The number of benzene rings is 1. The Kier molecular flexibility index (Phi) is 11.7. The molecule has 156 valence electrons. The number of unbranched alkanes of at least 4 members (excludes halogenated alkanes) is 1. The van der Waals surface area contributed by atoms with Crippen molar-refractivity contribution < 1.29 is 4.74 Å². The van der Waals surface area contributed by atoms with Crippen LogP contribution in [0, 0.1) is 6.92 Å². The van der Waals surface area contributed by atoms with Crippen LogP contribution in [-0.4, -0.2) is 40.5 Å². The normalized spacial score (nSPS) is 12.4. The van der Waals surface area contributed by atoms with Crippen LogP contribution in [0.1, 0.15) is 49.9 Å². The number of rotatable bonds is 10. The van der Waals surface area contributed by atoms with E-state index in [4.69, 9.17) is 9.73 Å². The molecular formula is C20H33IN6O. The number of nitrogens with zero attached hydrogens (tertiary/aromatic N) is 4. The van der Waals surface area contributed by atoms with Crippen molar-refractivity contribution in [2.75, 3.05) is 19.8 Å². The molecule has 0 saturated carbocycles. The van der Waals surface area contributed by atoms with Crippen LogP contribution in [-0.2, 0) is 18.3 Å². The maximum atomic E-state index is 5.39. The number of hydrogen-bond donors (Lipinski definition) is 2. The summed E-state index contributed by atoms with van der Waals surface area (Å²) in [5, 5.41) is 15.2. The summed E-state index contributed by atoms with van der Waals surface area (Å²) in [4.78, 5) is 4.71. The summed E-state index contributed by atoms with van der Waals surface area (Å²) in [6.07, 6.45) is 2.06. The number of guanidine groups is 1. The fourth-order valence-corrected chi connectivity index (χ4v) is 2.60. The van der Waals surface area contributed by atoms with Crippen LogP contribution in [0.4, 0.5) is 0 Å². The molecule has 2 N–H and O–H groups in total. The summed E-state index contributed by atoms with van der Waals surface area (Å²) in [6, 6.07) is 10.5. The standard InChI is InChI=1S/C20H32N6O.HI/c1-5-27-14-10-9-13-21-20(22-15-19-25-24-17(3)26(19)4)23-16(2)18-11-7-6-8-12-18;/h6-8,11-12,16H,5,9-10,13-15H2,1-4H3,(H2,21,22,23);1H. The van der Waals surface area contributed by atoms with Crippen molar-refractivity contribution in [3.63, 3.8) is 0 Å². The lowest BCUT2D eigenvalue weighted by Crippen LogP contribution is -2.39. The first-order valence-corrected chi connectivity index (χ1v) is 9.64. The van der Waals surface area contributed by atoms with E-state index < -0.39 is 0 Å². The van der Waals surface area contributed by atoms with Gasteiger partial charge in [0.2, 0.25) is 0 Å². The number of aliphatic imine (C=N–C) groups is 1. The van der Waals surface area contributed by atoms with Crippen LogP contribution >= 0.6 is 24.0 Å². The smallest absolute Gasteiger partial charge is 0.192 e. The monoisotopic (exact) mass is 500 g/mol. The van der Waals surface area contributed by atoms with Gasteiger partial charge in [0.15, 0.2) is 11.8 Å². The summed E-state index contributed by atoms with van der Waals surface area (Å²) in [7, 11) is 1.96. The van der Waals surface area contributed by atoms with Crippen LogP contribution in [0.3, 0.4) is 0 Å². The third kappa shape index (κ3) is 8.14. The Morgan fingerprint density at radius 3 is 2.61 bits per heavy atom. The molecule has 28 heavy (non-hydrogen) atoms. The minimum atomic E-state index is 0. The van der Waals surface area contributed by atoms with Gasteiger partial charge in [-0.1, -0.05) is 30.3 Å². The Balaban J connectivity index is 0.00000392. The second-order valence-electron chi connectivity index (χ2n) is 6.49. The molecule has 1 unspecified atom stereocenters. The highest BCUT2D eigenvalue weighted by Crippen LogP contribution is 2.11. The lowest BCUT2D eigenvalue weighted by atomic mass is 10.1. The molecule has 1 heterocycles. The molecule has 0 amide bonds. The summed E-state index contributed by atoms with van der Waals surface area (Å²) >= 11 is 0. The average molecular weight is 500 g/mol. The zero-order valence-corrected chi connectivity index (χ0v) is 19.6. The zero-order chi connectivity index (χ0) is 19.5. The highest BCUT2D eigenvalue weighted by molar-refractivity contribution is 14.0. The Bertz CT molecular complexity index is 704. The number of aromatic nitrogens is 3. The second kappa shape index (κ2) is 13.5. The third-order valence-electron chi connectivity index (χ3n) is 4.43. The van der Waals surface area contributed by atoms with Gasteiger partial charge in [-0.15, -0.1) is 34.2 Å². The Hall–Kier alpha value is -1.68. The van der Waals surface area contributed by atoms with Gasteiger partial charge in [-0.05, 0) is 39.2 Å². The van der Waals surface area contributed by atoms with E-state index in [1.807, 2.05) is 43.7 Å². The second-order valence-corrected chi connectivity index (χ2v) is 6.49. The minimum absolute atomic E-state index is 0. The number of aryl methyl sites for hydroxylation is 1. The fraction of sp³-hybridized carbons (Fsp3) is 0.550. The van der Waals surface area contributed by atoms with Crippen LogP contribution in [0.5, 0.6) is 0 Å². The van der Waals surface area contributed by atoms with E-state index in [0.717, 1.165) is 50.2 Å². The molecular weight excluding hydrogens is 467 g/mol. The van der Waals surface area contributed by atoms with Crippen LogP contribution in [0.25, 0.3) is 0 Å². The van der Waals surface area contributed by atoms with Gasteiger partial charge in [0.1, 0.15) is 12.4 Å². The van der Waals surface area contributed by atoms with Crippen molar-refractivity contribution in [3.8, 4) is 0 Å². The van der Waals surface area contributed by atoms with Gasteiger partial charge < -0.3 is 19.9 Å². The summed E-state index contributed by atoms with van der Waals surface area (Å²) in [6.45, 7) is 8.99. The first-order valence-electron chi connectivity index (χ1n) is 9.64. The molecule has 0 aliphatic rings. The average Bonchev–Trinajstić information content (AvgIpc) is 3.01. The lowest BCUT2D eigenvalue weighted by Gasteiger charge is -2.19. The topological polar surface area (TPSA) is 76.4 Å². The molecule has 0 radical (unpaired) electrons. The molecule has 1 aromatic carbocycles. The van der Waals surface area contributed by atoms with Crippen molar-refractivity contribution in [2.45, 2.75) is 46.2 Å². The SMILES string of the molecule is CCOCCCCNC(=NCc1nnc(C)n1C)NC(C)c1ccccc1.I. The Labute approximate surface area is 185 Å². The van der Waals surface area contributed by atoms with Gasteiger partial charge in [-0.3, -0.25) is 0 Å². The molecule has 0 saturated heterocycles. The first-order chi connectivity index (χ1) is 13.1. The molecule has 0 bridgehead atoms. The molecule has 0 aliphatic heterocycles. The summed E-state index contributed by atoms with van der Waals surface area (Å²) in [5.74, 6) is 2.51. The molecule has 0 fully saturated rings. The maximum absolute atomic E-state index is 5.39. The van der Waals surface area contributed by atoms with Crippen molar-refractivity contribution >= 4 is 29.9 Å². The van der Waals surface area contributed by atoms with Crippen molar-refractivity contribution in [3.05, 3.63) is 47.5 Å². The van der Waals surface area contributed by atoms with Crippen molar-refractivity contribution in [1.29, 1.82) is 0 Å². The molecule has 2 aromatic rings. The van der Waals surface area contributed by atoms with Gasteiger partial charge in [-0.2, -0.15) is 0 Å². The van der Waals surface area contributed by atoms with Gasteiger partial charge in [0.05, 0.1) is 6.04 Å². The summed E-state index contributed by atoms with van der Waals surface area (Å²) in [5.41, 5.74) is 1.22. The molecule has 1 aromatic heterocycles. The summed E-state index contributed by atoms with van der Waals surface area (Å²) < 4.78 is 7.35. The quantitative estimate of drug-likeness (QED) is 0.227. The van der Waals surface area contributed by atoms with Crippen LogP contribution in [0.2, 0.25) is 0 Å². The Morgan fingerprint density at radius 1 is 1.21 bits per heavy atom. The van der Waals surface area contributed by atoms with Gasteiger partial charge in [0, 0.05) is 26.8 Å². The van der Waals surface area contributed by atoms with E-state index in [0.29, 0.717) is 6.54 Å². The van der Waals surface area contributed by atoms with Crippen LogP contribution < -0.4 is 10.6 Å². The van der Waals surface area contributed by atoms with E-state index in [9.17, 15) is 0 Å². The minimum Gasteiger partial charge on any atom is -0.382 e. The van der Waals surface area contributed by atoms with E-state index >= 15 is 0 Å². The number of halogens is 1. The van der Waals surface area contributed by atoms with E-state index in [1.54, 1.807) is 0 Å². The molecule has 0 spiro atoms. The molecule has 0 aliphatic carbocycles. The largest absolute Gasteiger partial charge is 0.382 e. The van der Waals surface area contributed by atoms with E-state index in [2.05, 4.69) is 39.9 Å². The van der Waals surface area contributed by atoms with Gasteiger partial charge in [-0.25, -0.2) is 4.99 Å². The number of hydrogen-bond acceptors (Lipinski definition) is 4. The molecule has 8 heteroatoms. The predicted molar refractivity (Wildman–Crippen MR) is 124 cm³/mol. The highest BCUT2D eigenvalue weighted by Gasteiger charge is 2.09. The third-order valence-corrected chi connectivity index (χ3v) is 4.43. The lowest BCUT2D eigenvalue weighted by molar-refractivity contribution is 0.143. The maximum Gasteiger partial charge on any atom is 0.192 e. The Morgan fingerprint density at radius 2 is 1.96 bits per heavy atom. The van der Waals surface area contributed by atoms with Crippen molar-refractivity contribution in [2.24, 2.45) is 12.0 Å². The highest BCUT2D eigenvalue weighted by atomic mass is 127. The fourth-order valence-electron chi connectivity index (χ4n) is 2.60. The zero-order valence-electron chi connectivity index (χ0n) is 17.3. The predicted octanol–water partition coefficient (Wildman–Crippen LogP) is 3.35. The van der Waals surface area contributed by atoms with Gasteiger partial charge in [0.25, 0.3) is 0 Å².